The van der Waals surface area contributed by atoms with Crippen LogP contribution in [0.1, 0.15) is 6.92 Å². The van der Waals surface area contributed by atoms with E-state index in [1.165, 1.54) is 11.7 Å². The molecule has 0 fully saturated rings. The second-order valence-corrected chi connectivity index (χ2v) is 4.37. The quantitative estimate of drug-likeness (QED) is 0.910. The maximum atomic E-state index is 12.0. The van der Waals surface area contributed by atoms with Gasteiger partial charge in [0.25, 0.3) is 11.5 Å². The Morgan fingerprint density at radius 2 is 2.05 bits per heavy atom. The van der Waals surface area contributed by atoms with Crippen LogP contribution in [-0.4, -0.2) is 23.7 Å². The SMILES string of the molecule is CO[C@H](C)C(=O)Nc1cccc2c(=O)n(C)ccc12. The van der Waals surface area contributed by atoms with Crippen molar-refractivity contribution in [3.63, 3.8) is 0 Å². The summed E-state index contributed by atoms with van der Waals surface area (Å²) in [7, 11) is 3.17. The van der Waals surface area contributed by atoms with Gasteiger partial charge in [-0.2, -0.15) is 0 Å². The number of rotatable bonds is 3. The predicted octanol–water partition coefficient (Wildman–Crippen LogP) is 1.51. The van der Waals surface area contributed by atoms with Gasteiger partial charge in [-0.25, -0.2) is 0 Å². The maximum Gasteiger partial charge on any atom is 0.258 e. The second-order valence-electron chi connectivity index (χ2n) is 4.37. The number of fused-ring (bicyclic) bond motifs is 1. The van der Waals surface area contributed by atoms with Gasteiger partial charge in [0.2, 0.25) is 0 Å². The molecular weight excluding hydrogens is 244 g/mol. The summed E-state index contributed by atoms with van der Waals surface area (Å²) in [4.78, 5) is 23.8. The van der Waals surface area contributed by atoms with Crippen LogP contribution in [0.3, 0.4) is 0 Å². The molecule has 0 spiro atoms. The highest BCUT2D eigenvalue weighted by molar-refractivity contribution is 6.03. The molecule has 0 aliphatic heterocycles. The smallest absolute Gasteiger partial charge is 0.258 e. The maximum absolute atomic E-state index is 12.0. The summed E-state index contributed by atoms with van der Waals surface area (Å²) in [5.41, 5.74) is 0.525. The molecule has 1 atom stereocenters. The third-order valence-electron chi connectivity index (χ3n) is 3.10. The number of pyridine rings is 1. The first-order valence-electron chi connectivity index (χ1n) is 5.96. The zero-order valence-corrected chi connectivity index (χ0v) is 11.1. The van der Waals surface area contributed by atoms with Gasteiger partial charge in [-0.15, -0.1) is 0 Å². The van der Waals surface area contributed by atoms with Gasteiger partial charge in [-0.05, 0) is 25.1 Å². The molecule has 0 radical (unpaired) electrons. The number of carbonyl (C=O) groups is 1. The van der Waals surface area contributed by atoms with Gasteiger partial charge in [0.1, 0.15) is 6.10 Å². The van der Waals surface area contributed by atoms with Crippen LogP contribution in [0.2, 0.25) is 0 Å². The zero-order valence-electron chi connectivity index (χ0n) is 11.1. The Kier molecular flexibility index (Phi) is 3.66. The summed E-state index contributed by atoms with van der Waals surface area (Å²) in [6, 6.07) is 7.07. The summed E-state index contributed by atoms with van der Waals surface area (Å²) in [5, 5.41) is 4.07. The summed E-state index contributed by atoms with van der Waals surface area (Å²) < 4.78 is 6.47. The Morgan fingerprint density at radius 1 is 1.32 bits per heavy atom. The lowest BCUT2D eigenvalue weighted by Crippen LogP contribution is -2.26. The Bertz CT molecular complexity index is 676. The fourth-order valence-electron chi connectivity index (χ4n) is 1.83. The first-order chi connectivity index (χ1) is 9.04. The van der Waals surface area contributed by atoms with Crippen molar-refractivity contribution in [2.75, 3.05) is 12.4 Å². The highest BCUT2D eigenvalue weighted by Gasteiger charge is 2.13. The third kappa shape index (κ3) is 2.51. The molecule has 0 bridgehead atoms. The number of aromatic nitrogens is 1. The number of hydrogen-bond acceptors (Lipinski definition) is 3. The largest absolute Gasteiger partial charge is 0.372 e. The summed E-state index contributed by atoms with van der Waals surface area (Å²) in [6.07, 6.45) is 1.14. The first kappa shape index (κ1) is 13.3. The van der Waals surface area contributed by atoms with Crippen molar-refractivity contribution in [1.82, 2.24) is 4.57 Å². The Hall–Kier alpha value is -2.14. The number of nitrogens with one attached hydrogen (secondary N) is 1. The van der Waals surface area contributed by atoms with Crippen molar-refractivity contribution in [1.29, 1.82) is 0 Å². The molecule has 0 aliphatic rings. The van der Waals surface area contributed by atoms with Crippen LogP contribution in [0.5, 0.6) is 0 Å². The Morgan fingerprint density at radius 3 is 2.74 bits per heavy atom. The van der Waals surface area contributed by atoms with Crippen molar-refractivity contribution >= 4 is 22.4 Å². The van der Waals surface area contributed by atoms with E-state index >= 15 is 0 Å². The van der Waals surface area contributed by atoms with Gasteiger partial charge in [-0.1, -0.05) is 6.07 Å². The number of hydrogen-bond donors (Lipinski definition) is 1. The van der Waals surface area contributed by atoms with Gasteiger partial charge >= 0.3 is 0 Å². The van der Waals surface area contributed by atoms with Crippen LogP contribution in [0.25, 0.3) is 10.8 Å². The van der Waals surface area contributed by atoms with E-state index in [-0.39, 0.29) is 11.5 Å². The van der Waals surface area contributed by atoms with Crippen LogP contribution in [0.4, 0.5) is 5.69 Å². The summed E-state index contributed by atoms with van der Waals surface area (Å²) in [6.45, 7) is 1.67. The lowest BCUT2D eigenvalue weighted by molar-refractivity contribution is -0.124. The minimum Gasteiger partial charge on any atom is -0.372 e. The molecule has 1 amide bonds. The minimum atomic E-state index is -0.540. The molecule has 1 aromatic heterocycles. The molecule has 5 heteroatoms. The van der Waals surface area contributed by atoms with Crippen molar-refractivity contribution in [3.05, 3.63) is 40.8 Å². The van der Waals surface area contributed by atoms with E-state index in [0.29, 0.717) is 11.1 Å². The third-order valence-corrected chi connectivity index (χ3v) is 3.10. The number of methoxy groups -OCH3 is 1. The van der Waals surface area contributed by atoms with Crippen molar-refractivity contribution < 1.29 is 9.53 Å². The van der Waals surface area contributed by atoms with Crippen LogP contribution in [0, 0.1) is 0 Å². The fraction of sp³-hybridized carbons (Fsp3) is 0.286. The average Bonchev–Trinajstić information content (AvgIpc) is 2.42. The van der Waals surface area contributed by atoms with E-state index in [1.807, 2.05) is 6.07 Å². The molecule has 19 heavy (non-hydrogen) atoms. The predicted molar refractivity (Wildman–Crippen MR) is 74.3 cm³/mol. The lowest BCUT2D eigenvalue weighted by Gasteiger charge is -2.12. The van der Waals surface area contributed by atoms with Crippen LogP contribution >= 0.6 is 0 Å². The number of carbonyl (C=O) groups excluding carboxylic acids is 1. The van der Waals surface area contributed by atoms with E-state index < -0.39 is 6.10 Å². The fourth-order valence-corrected chi connectivity index (χ4v) is 1.83. The van der Waals surface area contributed by atoms with E-state index in [1.54, 1.807) is 38.4 Å². The van der Waals surface area contributed by atoms with Gasteiger partial charge in [0.05, 0.1) is 0 Å². The van der Waals surface area contributed by atoms with E-state index in [0.717, 1.165) is 5.39 Å². The average molecular weight is 260 g/mol. The van der Waals surface area contributed by atoms with Crippen molar-refractivity contribution in [2.24, 2.45) is 7.05 Å². The highest BCUT2D eigenvalue weighted by Crippen LogP contribution is 2.20. The number of aryl methyl sites for hydroxylation is 1. The van der Waals surface area contributed by atoms with Crippen molar-refractivity contribution in [2.45, 2.75) is 13.0 Å². The molecule has 0 aliphatic carbocycles. The van der Waals surface area contributed by atoms with Gasteiger partial charge in [-0.3, -0.25) is 9.59 Å². The number of anilines is 1. The van der Waals surface area contributed by atoms with E-state index in [4.69, 9.17) is 4.74 Å². The topological polar surface area (TPSA) is 60.3 Å². The van der Waals surface area contributed by atoms with Gasteiger partial charge in [0.15, 0.2) is 0 Å². The normalized spacial score (nSPS) is 12.4. The number of benzene rings is 1. The molecule has 1 aromatic carbocycles. The minimum absolute atomic E-state index is 0.0895. The summed E-state index contributed by atoms with van der Waals surface area (Å²) >= 11 is 0. The van der Waals surface area contributed by atoms with E-state index in [9.17, 15) is 9.59 Å². The number of ether oxygens (including phenoxy) is 1. The van der Waals surface area contributed by atoms with Crippen LogP contribution < -0.4 is 10.9 Å². The number of amides is 1. The molecule has 1 heterocycles. The standard InChI is InChI=1S/C14H16N2O3/c1-9(19-3)13(17)15-12-6-4-5-11-10(12)7-8-16(2)14(11)18/h4-9H,1-3H3,(H,15,17)/t9-/m1/s1. The highest BCUT2D eigenvalue weighted by atomic mass is 16.5. The van der Waals surface area contributed by atoms with Gasteiger partial charge < -0.3 is 14.6 Å². The molecule has 100 valence electrons. The van der Waals surface area contributed by atoms with Crippen LogP contribution in [0.15, 0.2) is 35.3 Å². The molecule has 2 rings (SSSR count). The monoisotopic (exact) mass is 260 g/mol. The summed E-state index contributed by atoms with van der Waals surface area (Å²) in [5.74, 6) is -0.240. The molecular formula is C14H16N2O3. The molecule has 0 saturated carbocycles. The van der Waals surface area contributed by atoms with E-state index in [2.05, 4.69) is 5.32 Å². The van der Waals surface area contributed by atoms with Crippen molar-refractivity contribution in [3.8, 4) is 0 Å². The molecule has 2 aromatic rings. The Balaban J connectivity index is 2.48. The molecule has 5 nitrogen and oxygen atoms in total. The molecule has 0 saturated heterocycles. The van der Waals surface area contributed by atoms with Gasteiger partial charge in [0, 0.05) is 36.8 Å². The molecule has 0 unspecified atom stereocenters. The lowest BCUT2D eigenvalue weighted by atomic mass is 10.1. The first-order valence-corrected chi connectivity index (χ1v) is 5.96. The molecule has 1 N–H and O–H groups in total. The zero-order chi connectivity index (χ0) is 14.0. The second kappa shape index (κ2) is 5.24. The number of nitrogens with zero attached hydrogens (tertiary/aromatic N) is 1. The Labute approximate surface area is 110 Å². The van der Waals surface area contributed by atoms with Crippen LogP contribution in [-0.2, 0) is 16.6 Å².